The summed E-state index contributed by atoms with van der Waals surface area (Å²) in [6.45, 7) is 2.91. The lowest BCUT2D eigenvalue weighted by molar-refractivity contribution is 0.911. The summed E-state index contributed by atoms with van der Waals surface area (Å²) in [4.78, 5) is 6.25. The van der Waals surface area contributed by atoms with Gasteiger partial charge in [0, 0.05) is 26.0 Å². The van der Waals surface area contributed by atoms with E-state index in [-0.39, 0.29) is 0 Å². The molecule has 0 aliphatic rings. The lowest BCUT2D eigenvalue weighted by Crippen LogP contribution is -2.18. The van der Waals surface area contributed by atoms with Crippen LogP contribution in [0.4, 0.5) is 11.4 Å². The number of para-hydroxylation sites is 2. The molecule has 0 radical (unpaired) electrons. The van der Waals surface area contributed by atoms with Gasteiger partial charge in [-0.05, 0) is 36.2 Å². The predicted molar refractivity (Wildman–Crippen MR) is 71.9 cm³/mol. The quantitative estimate of drug-likeness (QED) is 0.819. The number of hydrogen-bond donors (Lipinski definition) is 1. The molecule has 0 spiro atoms. The molecule has 0 saturated heterocycles. The minimum Gasteiger partial charge on any atom is -0.397 e. The van der Waals surface area contributed by atoms with E-state index in [0.29, 0.717) is 0 Å². The molecule has 0 fully saturated rings. The van der Waals surface area contributed by atoms with Gasteiger partial charge in [0.05, 0.1) is 11.4 Å². The van der Waals surface area contributed by atoms with E-state index in [4.69, 9.17) is 5.73 Å². The van der Waals surface area contributed by atoms with E-state index in [0.717, 1.165) is 17.9 Å². The Morgan fingerprint density at radius 2 is 2.00 bits per heavy atom. The summed E-state index contributed by atoms with van der Waals surface area (Å²) < 4.78 is 0. The molecule has 2 N–H and O–H groups in total. The first-order valence-corrected chi connectivity index (χ1v) is 5.63. The van der Waals surface area contributed by atoms with Gasteiger partial charge < -0.3 is 10.6 Å². The molecule has 1 heterocycles. The van der Waals surface area contributed by atoms with Crippen LogP contribution in [0.3, 0.4) is 0 Å². The minimum atomic E-state index is 0.807. The summed E-state index contributed by atoms with van der Waals surface area (Å²) in [5, 5.41) is 0. The number of anilines is 2. The second kappa shape index (κ2) is 4.87. The van der Waals surface area contributed by atoms with Crippen molar-refractivity contribution in [2.75, 3.05) is 17.7 Å². The molecule has 0 aliphatic carbocycles. The Labute approximate surface area is 102 Å². The molecule has 0 atom stereocenters. The van der Waals surface area contributed by atoms with Crippen molar-refractivity contribution < 1.29 is 0 Å². The summed E-state index contributed by atoms with van der Waals surface area (Å²) in [5.41, 5.74) is 10.3. The van der Waals surface area contributed by atoms with Gasteiger partial charge in [0.25, 0.3) is 0 Å². The van der Waals surface area contributed by atoms with Crippen LogP contribution < -0.4 is 10.6 Å². The molecule has 0 saturated carbocycles. The predicted octanol–water partition coefficient (Wildman–Crippen LogP) is 2.61. The van der Waals surface area contributed by atoms with Gasteiger partial charge in [-0.1, -0.05) is 12.1 Å². The summed E-state index contributed by atoms with van der Waals surface area (Å²) in [7, 11) is 2.05. The van der Waals surface area contributed by atoms with Gasteiger partial charge in [0.2, 0.25) is 0 Å². The lowest BCUT2D eigenvalue weighted by atomic mass is 10.1. The third-order valence-electron chi connectivity index (χ3n) is 2.89. The maximum absolute atomic E-state index is 5.96. The highest BCUT2D eigenvalue weighted by atomic mass is 15.1. The number of benzene rings is 1. The molecule has 0 aliphatic heterocycles. The molecule has 3 nitrogen and oxygen atoms in total. The number of nitrogens with two attached hydrogens (primary N) is 1. The Hall–Kier alpha value is -2.03. The maximum atomic E-state index is 5.96. The van der Waals surface area contributed by atoms with E-state index in [1.807, 2.05) is 49.8 Å². The van der Waals surface area contributed by atoms with E-state index < -0.39 is 0 Å². The van der Waals surface area contributed by atoms with Crippen molar-refractivity contribution >= 4 is 11.4 Å². The highest BCUT2D eigenvalue weighted by Crippen LogP contribution is 2.23. The van der Waals surface area contributed by atoms with Crippen LogP contribution in [0.5, 0.6) is 0 Å². The van der Waals surface area contributed by atoms with Crippen LogP contribution >= 0.6 is 0 Å². The molecule has 1 aromatic heterocycles. The van der Waals surface area contributed by atoms with Crippen molar-refractivity contribution in [3.8, 4) is 0 Å². The van der Waals surface area contributed by atoms with Gasteiger partial charge in [0.15, 0.2) is 0 Å². The number of rotatable bonds is 3. The molecule has 0 unspecified atom stereocenters. The second-order valence-electron chi connectivity index (χ2n) is 4.22. The molecular formula is C14H17N3. The zero-order chi connectivity index (χ0) is 12.3. The third-order valence-corrected chi connectivity index (χ3v) is 2.89. The molecule has 1 aromatic carbocycles. The van der Waals surface area contributed by atoms with Gasteiger partial charge in [0.1, 0.15) is 0 Å². The Morgan fingerprint density at radius 3 is 2.71 bits per heavy atom. The van der Waals surface area contributed by atoms with E-state index in [1.165, 1.54) is 11.1 Å². The Balaban J connectivity index is 2.20. The normalized spacial score (nSPS) is 10.2. The fourth-order valence-corrected chi connectivity index (χ4v) is 1.86. The minimum absolute atomic E-state index is 0.807. The highest BCUT2D eigenvalue weighted by molar-refractivity contribution is 5.66. The van der Waals surface area contributed by atoms with E-state index >= 15 is 0 Å². The van der Waals surface area contributed by atoms with Crippen LogP contribution in [-0.2, 0) is 6.54 Å². The van der Waals surface area contributed by atoms with E-state index in [9.17, 15) is 0 Å². The number of aryl methyl sites for hydroxylation is 1. The van der Waals surface area contributed by atoms with Gasteiger partial charge >= 0.3 is 0 Å². The Morgan fingerprint density at radius 1 is 1.24 bits per heavy atom. The molecule has 2 rings (SSSR count). The summed E-state index contributed by atoms with van der Waals surface area (Å²) in [6.07, 6.45) is 3.71. The molecule has 88 valence electrons. The Kier molecular flexibility index (Phi) is 3.28. The smallest absolute Gasteiger partial charge is 0.0600 e. The Bertz CT molecular complexity index is 508. The fraction of sp³-hybridized carbons (Fsp3) is 0.214. The van der Waals surface area contributed by atoms with Crippen molar-refractivity contribution in [1.29, 1.82) is 0 Å². The first kappa shape index (κ1) is 11.5. The summed E-state index contributed by atoms with van der Waals surface area (Å²) in [5.74, 6) is 0. The topological polar surface area (TPSA) is 42.2 Å². The summed E-state index contributed by atoms with van der Waals surface area (Å²) in [6, 6.07) is 9.95. The number of nitrogens with zero attached hydrogens (tertiary/aromatic N) is 2. The SMILES string of the molecule is Cc1cnccc1CN(C)c1ccccc1N. The summed E-state index contributed by atoms with van der Waals surface area (Å²) >= 11 is 0. The number of pyridine rings is 1. The van der Waals surface area contributed by atoms with Gasteiger partial charge in [-0.25, -0.2) is 0 Å². The third kappa shape index (κ3) is 2.56. The zero-order valence-corrected chi connectivity index (χ0v) is 10.2. The van der Waals surface area contributed by atoms with Crippen molar-refractivity contribution in [1.82, 2.24) is 4.98 Å². The van der Waals surface area contributed by atoms with Crippen LogP contribution in [0.25, 0.3) is 0 Å². The lowest BCUT2D eigenvalue weighted by Gasteiger charge is -2.21. The molecule has 17 heavy (non-hydrogen) atoms. The van der Waals surface area contributed by atoms with Gasteiger partial charge in [-0.2, -0.15) is 0 Å². The van der Waals surface area contributed by atoms with Crippen molar-refractivity contribution in [2.24, 2.45) is 0 Å². The molecule has 0 bridgehead atoms. The van der Waals surface area contributed by atoms with E-state index in [2.05, 4.69) is 16.8 Å². The van der Waals surface area contributed by atoms with Crippen LogP contribution in [0.2, 0.25) is 0 Å². The molecule has 0 amide bonds. The highest BCUT2D eigenvalue weighted by Gasteiger charge is 2.06. The standard InChI is InChI=1S/C14H17N3/c1-11-9-16-8-7-12(11)10-17(2)14-6-4-3-5-13(14)15/h3-9H,10,15H2,1-2H3. The van der Waals surface area contributed by atoms with Gasteiger partial charge in [-0.3, -0.25) is 4.98 Å². The van der Waals surface area contributed by atoms with E-state index in [1.54, 1.807) is 0 Å². The molecule has 3 heteroatoms. The number of aromatic nitrogens is 1. The van der Waals surface area contributed by atoms with Gasteiger partial charge in [-0.15, -0.1) is 0 Å². The molecule has 2 aromatic rings. The first-order chi connectivity index (χ1) is 8.18. The van der Waals surface area contributed by atoms with Crippen LogP contribution in [0.15, 0.2) is 42.7 Å². The van der Waals surface area contributed by atoms with Crippen molar-refractivity contribution in [2.45, 2.75) is 13.5 Å². The number of hydrogen-bond acceptors (Lipinski definition) is 3. The second-order valence-corrected chi connectivity index (χ2v) is 4.22. The average Bonchev–Trinajstić information content (AvgIpc) is 2.32. The number of nitrogen functional groups attached to an aromatic ring is 1. The van der Waals surface area contributed by atoms with Crippen molar-refractivity contribution in [3.05, 3.63) is 53.9 Å². The monoisotopic (exact) mass is 227 g/mol. The zero-order valence-electron chi connectivity index (χ0n) is 10.2. The van der Waals surface area contributed by atoms with Crippen molar-refractivity contribution in [3.63, 3.8) is 0 Å². The van der Waals surface area contributed by atoms with Crippen LogP contribution in [-0.4, -0.2) is 12.0 Å². The van der Waals surface area contributed by atoms with Crippen LogP contribution in [0, 0.1) is 6.92 Å². The molecular weight excluding hydrogens is 210 g/mol. The fourth-order valence-electron chi connectivity index (χ4n) is 1.86. The maximum Gasteiger partial charge on any atom is 0.0600 e. The first-order valence-electron chi connectivity index (χ1n) is 5.63. The average molecular weight is 227 g/mol. The van der Waals surface area contributed by atoms with Crippen LogP contribution in [0.1, 0.15) is 11.1 Å². The largest absolute Gasteiger partial charge is 0.397 e.